The Balaban J connectivity index is 0.000000394. The summed E-state index contributed by atoms with van der Waals surface area (Å²) in [6, 6.07) is 24.5. The van der Waals surface area contributed by atoms with E-state index in [1.807, 2.05) is 30.5 Å². The second-order valence-corrected chi connectivity index (χ2v) is 10.7. The molecular weight excluding hydrogens is 683 g/mol. The van der Waals surface area contributed by atoms with Crippen LogP contribution in [0.5, 0.6) is 0 Å². The second-order valence-electron chi connectivity index (χ2n) is 9.58. The number of allylic oxidation sites excluding steroid dienone is 2. The average Bonchev–Trinajstić information content (AvgIpc) is 3.43. The van der Waals surface area contributed by atoms with Crippen molar-refractivity contribution in [3.63, 3.8) is 0 Å². The molecule has 6 heteroatoms. The first-order valence-electron chi connectivity index (χ1n) is 12.4. The number of aliphatic hydroxyl groups excluding tert-OH is 1. The molecule has 0 saturated heterocycles. The predicted octanol–water partition coefficient (Wildman–Crippen LogP) is 9.29. The van der Waals surface area contributed by atoms with Crippen LogP contribution in [-0.4, -0.2) is 15.9 Å². The molecule has 1 N–H and O–H groups in total. The van der Waals surface area contributed by atoms with Gasteiger partial charge in [0, 0.05) is 42.6 Å². The van der Waals surface area contributed by atoms with E-state index < -0.39 is 0 Å². The molecule has 0 saturated carbocycles. The number of aryl methyl sites for hydroxylation is 3. The van der Waals surface area contributed by atoms with Crippen molar-refractivity contribution < 1.29 is 34.4 Å². The number of furan rings is 1. The smallest absolute Gasteiger partial charge is 0.155 e. The van der Waals surface area contributed by atoms with Gasteiger partial charge in [0.2, 0.25) is 0 Å². The van der Waals surface area contributed by atoms with Crippen molar-refractivity contribution in [2.75, 3.05) is 0 Å². The van der Waals surface area contributed by atoms with E-state index in [0.717, 1.165) is 33.2 Å². The number of hydrogen-bond donors (Lipinski definition) is 1. The van der Waals surface area contributed by atoms with Crippen LogP contribution in [0.1, 0.15) is 30.5 Å². The minimum atomic E-state index is -0.125. The number of carbonyl (C=O) groups excluding carboxylic acids is 1. The van der Waals surface area contributed by atoms with Gasteiger partial charge in [-0.1, -0.05) is 52.9 Å². The van der Waals surface area contributed by atoms with Crippen LogP contribution in [0.15, 0.2) is 83.1 Å². The molecule has 39 heavy (non-hydrogen) atoms. The third-order valence-electron chi connectivity index (χ3n) is 6.33. The van der Waals surface area contributed by atoms with Crippen molar-refractivity contribution in [2.45, 2.75) is 34.6 Å². The number of hydrogen-bond acceptors (Lipinski definition) is 5. The number of aromatic nitrogens is 1. The standard InChI is InChI=1S/C28H20NOS.C5H8O2.Ir/c1-16-11-17(2)27(18(3)12-16)25-14-19-13-23(29-15-26(19)31-25)22-9-6-8-21-20-7-4-5-10-24(20)30-28(21)22;1-4(6)3-5(2)7;/h4-8,10-15H,1-3H3;3,6H,1-2H3;/q-1;;/b;4-3-;. The normalized spacial score (nSPS) is 11.4. The van der Waals surface area contributed by atoms with Crippen molar-refractivity contribution in [3.05, 3.63) is 101 Å². The number of rotatable bonds is 3. The average molecular weight is 711 g/mol. The Morgan fingerprint density at radius 3 is 2.38 bits per heavy atom. The number of pyridine rings is 1. The maximum Gasteiger partial charge on any atom is 0.155 e. The van der Waals surface area contributed by atoms with Gasteiger partial charge in [0.25, 0.3) is 0 Å². The summed E-state index contributed by atoms with van der Waals surface area (Å²) < 4.78 is 7.39. The van der Waals surface area contributed by atoms with E-state index in [0.29, 0.717) is 0 Å². The van der Waals surface area contributed by atoms with Crippen molar-refractivity contribution in [3.8, 4) is 21.7 Å². The summed E-state index contributed by atoms with van der Waals surface area (Å²) in [6.45, 7) is 9.39. The Hall–Kier alpha value is -3.57. The fourth-order valence-electron chi connectivity index (χ4n) is 4.95. The van der Waals surface area contributed by atoms with E-state index in [2.05, 4.69) is 63.2 Å². The van der Waals surface area contributed by atoms with Crippen LogP contribution in [0.2, 0.25) is 0 Å². The summed E-state index contributed by atoms with van der Waals surface area (Å²) in [5.41, 5.74) is 8.80. The Bertz CT molecular complexity index is 1830. The largest absolute Gasteiger partial charge is 0.512 e. The van der Waals surface area contributed by atoms with Crippen LogP contribution in [0.4, 0.5) is 0 Å². The summed E-state index contributed by atoms with van der Waals surface area (Å²) in [6.07, 6.45) is 3.15. The van der Waals surface area contributed by atoms with Crippen LogP contribution < -0.4 is 0 Å². The zero-order valence-electron chi connectivity index (χ0n) is 22.4. The molecule has 0 atom stereocenters. The SMILES string of the molecule is CC(=O)/C=C(/C)O.Cc1cc(C)c(-c2cc3cc(-c4[c-]ccc5c4oc4ccccc45)ncc3s2)c(C)c1.[Ir]. The van der Waals surface area contributed by atoms with Gasteiger partial charge in [-0.15, -0.1) is 29.5 Å². The first-order chi connectivity index (χ1) is 18.2. The molecule has 0 aliphatic heterocycles. The van der Waals surface area contributed by atoms with Crippen LogP contribution >= 0.6 is 11.3 Å². The number of aliphatic hydroxyl groups is 1. The molecule has 1 radical (unpaired) electrons. The summed E-state index contributed by atoms with van der Waals surface area (Å²) in [5, 5.41) is 11.8. The Morgan fingerprint density at radius 1 is 1.00 bits per heavy atom. The van der Waals surface area contributed by atoms with Crippen LogP contribution in [0.3, 0.4) is 0 Å². The molecule has 4 nitrogen and oxygen atoms in total. The van der Waals surface area contributed by atoms with Gasteiger partial charge in [0.1, 0.15) is 5.58 Å². The molecule has 6 rings (SSSR count). The molecule has 0 aliphatic rings. The molecule has 6 aromatic rings. The van der Waals surface area contributed by atoms with Gasteiger partial charge in [-0.05, 0) is 74.5 Å². The third kappa shape index (κ3) is 5.89. The number of fused-ring (bicyclic) bond motifs is 4. The maximum atomic E-state index is 10.0. The zero-order valence-corrected chi connectivity index (χ0v) is 25.6. The molecule has 3 aromatic carbocycles. The van der Waals surface area contributed by atoms with Crippen LogP contribution in [0.25, 0.3) is 53.7 Å². The van der Waals surface area contributed by atoms with E-state index >= 15 is 0 Å². The minimum Gasteiger partial charge on any atom is -0.512 e. The van der Waals surface area contributed by atoms with E-state index in [1.165, 1.54) is 57.1 Å². The molecule has 0 aliphatic carbocycles. The van der Waals surface area contributed by atoms with Crippen molar-refractivity contribution in [1.82, 2.24) is 4.98 Å². The molecular formula is C33H28IrNO3S-. The molecule has 0 bridgehead atoms. The van der Waals surface area contributed by atoms with Gasteiger partial charge in [-0.25, -0.2) is 0 Å². The number of thiophene rings is 1. The quantitative estimate of drug-likeness (QED) is 0.113. The van der Waals surface area contributed by atoms with E-state index in [4.69, 9.17) is 14.5 Å². The van der Waals surface area contributed by atoms with Crippen LogP contribution in [-0.2, 0) is 24.9 Å². The molecule has 0 amide bonds. The summed E-state index contributed by atoms with van der Waals surface area (Å²) in [5.74, 6) is -0.0625. The van der Waals surface area contributed by atoms with Gasteiger partial charge in [0.15, 0.2) is 5.78 Å². The number of ketones is 1. The number of benzene rings is 3. The Kier molecular flexibility index (Phi) is 8.51. The van der Waals surface area contributed by atoms with Crippen molar-refractivity contribution in [1.29, 1.82) is 0 Å². The monoisotopic (exact) mass is 711 g/mol. The first-order valence-corrected chi connectivity index (χ1v) is 13.2. The molecule has 0 spiro atoms. The number of carbonyl (C=O) groups is 1. The molecule has 0 fully saturated rings. The summed E-state index contributed by atoms with van der Waals surface area (Å²) >= 11 is 1.80. The van der Waals surface area contributed by atoms with Crippen molar-refractivity contribution in [2.24, 2.45) is 0 Å². The van der Waals surface area contributed by atoms with E-state index in [9.17, 15) is 4.79 Å². The second kappa shape index (κ2) is 11.7. The predicted molar refractivity (Wildman–Crippen MR) is 158 cm³/mol. The molecule has 0 unspecified atom stereocenters. The molecule has 3 heterocycles. The number of nitrogens with zero attached hydrogens (tertiary/aromatic N) is 1. The minimum absolute atomic E-state index is 0. The fourth-order valence-corrected chi connectivity index (χ4v) is 6.14. The van der Waals surface area contributed by atoms with Gasteiger partial charge >= 0.3 is 0 Å². The third-order valence-corrected chi connectivity index (χ3v) is 7.44. The molecule has 3 aromatic heterocycles. The van der Waals surface area contributed by atoms with E-state index in [1.54, 1.807) is 11.3 Å². The topological polar surface area (TPSA) is 63.3 Å². The number of para-hydroxylation sites is 1. The van der Waals surface area contributed by atoms with Gasteiger partial charge < -0.3 is 14.5 Å². The Labute approximate surface area is 245 Å². The summed E-state index contributed by atoms with van der Waals surface area (Å²) in [4.78, 5) is 16.1. The first kappa shape index (κ1) is 28.4. The Morgan fingerprint density at radius 2 is 1.72 bits per heavy atom. The van der Waals surface area contributed by atoms with Crippen LogP contribution in [0, 0.1) is 26.8 Å². The summed E-state index contributed by atoms with van der Waals surface area (Å²) in [7, 11) is 0. The maximum absolute atomic E-state index is 10.0. The van der Waals surface area contributed by atoms with Crippen molar-refractivity contribution >= 4 is 49.1 Å². The van der Waals surface area contributed by atoms with Gasteiger partial charge in [-0.2, -0.15) is 0 Å². The zero-order chi connectivity index (χ0) is 27.0. The van der Waals surface area contributed by atoms with Gasteiger partial charge in [0.05, 0.1) is 16.0 Å². The fraction of sp³-hybridized carbons (Fsp3) is 0.152. The molecule has 199 valence electrons. The van der Waals surface area contributed by atoms with E-state index in [-0.39, 0.29) is 31.6 Å². The van der Waals surface area contributed by atoms with Gasteiger partial charge in [-0.3, -0.25) is 4.79 Å².